The van der Waals surface area contributed by atoms with Crippen LogP contribution in [0.4, 0.5) is 5.13 Å². The first-order valence-corrected chi connectivity index (χ1v) is 7.98. The lowest BCUT2D eigenvalue weighted by Gasteiger charge is -2.01. The van der Waals surface area contributed by atoms with Gasteiger partial charge in [0.1, 0.15) is 5.82 Å². The summed E-state index contributed by atoms with van der Waals surface area (Å²) < 4.78 is 30.9. The summed E-state index contributed by atoms with van der Waals surface area (Å²) in [5.41, 5.74) is 0. The highest BCUT2D eigenvalue weighted by molar-refractivity contribution is 9.10. The zero-order chi connectivity index (χ0) is 11.8. The number of anilines is 1. The summed E-state index contributed by atoms with van der Waals surface area (Å²) in [5.74, 6) is 0.549. The molecule has 0 spiro atoms. The molecule has 0 radical (unpaired) electrons. The van der Waals surface area contributed by atoms with Crippen molar-refractivity contribution in [1.82, 2.24) is 9.36 Å². The van der Waals surface area contributed by atoms with Crippen molar-refractivity contribution < 1.29 is 8.42 Å². The molecule has 16 heavy (non-hydrogen) atoms. The van der Waals surface area contributed by atoms with Crippen molar-refractivity contribution in [3.8, 4) is 0 Å². The van der Waals surface area contributed by atoms with E-state index in [4.69, 9.17) is 0 Å². The standard InChI is InChI=1S/C7H6BrN3O2S3/c1-4-9-7(15-10-4)11-16(12,13)6-5(8)2-3-14-6/h2-3H,1H3,(H,9,10,11). The average Bonchev–Trinajstić information content (AvgIpc) is 2.74. The van der Waals surface area contributed by atoms with E-state index in [1.54, 1.807) is 18.4 Å². The summed E-state index contributed by atoms with van der Waals surface area (Å²) in [4.78, 5) is 3.94. The van der Waals surface area contributed by atoms with Crippen LogP contribution in [-0.4, -0.2) is 17.8 Å². The summed E-state index contributed by atoms with van der Waals surface area (Å²) in [6, 6.07) is 1.69. The molecule has 0 fully saturated rings. The first-order valence-electron chi connectivity index (χ1n) is 4.05. The molecule has 0 saturated heterocycles. The molecule has 0 aliphatic rings. The molecule has 0 aliphatic heterocycles. The lowest BCUT2D eigenvalue weighted by Crippen LogP contribution is -2.11. The van der Waals surface area contributed by atoms with Crippen LogP contribution in [0.3, 0.4) is 0 Å². The molecule has 0 atom stereocenters. The van der Waals surface area contributed by atoms with Gasteiger partial charge in [0.15, 0.2) is 4.21 Å². The Morgan fingerprint density at radius 2 is 2.25 bits per heavy atom. The predicted octanol–water partition coefficient (Wildman–Crippen LogP) is 2.47. The Hall–Kier alpha value is -0.510. The third-order valence-corrected chi connectivity index (χ3v) is 6.44. The molecule has 2 aromatic heterocycles. The molecule has 2 rings (SSSR count). The minimum absolute atomic E-state index is 0.236. The molecular weight excluding hydrogens is 334 g/mol. The van der Waals surface area contributed by atoms with Gasteiger partial charge in [0.05, 0.1) is 0 Å². The van der Waals surface area contributed by atoms with Gasteiger partial charge in [-0.25, -0.2) is 13.4 Å². The molecule has 0 saturated carbocycles. The van der Waals surface area contributed by atoms with Gasteiger partial charge in [-0.1, -0.05) is 0 Å². The Bertz CT molecular complexity index is 604. The van der Waals surface area contributed by atoms with Crippen LogP contribution in [0.15, 0.2) is 20.1 Å². The molecule has 0 unspecified atom stereocenters. The topological polar surface area (TPSA) is 72.0 Å². The molecule has 2 heterocycles. The van der Waals surface area contributed by atoms with Crippen molar-refractivity contribution in [3.05, 3.63) is 21.7 Å². The zero-order valence-electron chi connectivity index (χ0n) is 7.97. The van der Waals surface area contributed by atoms with Crippen LogP contribution in [0.1, 0.15) is 5.82 Å². The van der Waals surface area contributed by atoms with Crippen LogP contribution in [-0.2, 0) is 10.0 Å². The fourth-order valence-corrected chi connectivity index (χ4v) is 5.11. The second-order valence-electron chi connectivity index (χ2n) is 2.81. The Kier molecular flexibility index (Phi) is 3.29. The van der Waals surface area contributed by atoms with E-state index in [0.717, 1.165) is 22.9 Å². The van der Waals surface area contributed by atoms with Crippen molar-refractivity contribution in [1.29, 1.82) is 0 Å². The van der Waals surface area contributed by atoms with Crippen LogP contribution in [0.2, 0.25) is 0 Å². The van der Waals surface area contributed by atoms with E-state index >= 15 is 0 Å². The van der Waals surface area contributed by atoms with Gasteiger partial charge in [-0.2, -0.15) is 4.37 Å². The summed E-state index contributed by atoms with van der Waals surface area (Å²) in [5, 5.41) is 1.97. The van der Waals surface area contributed by atoms with Crippen molar-refractivity contribution >= 4 is 54.0 Å². The maximum atomic E-state index is 11.9. The maximum Gasteiger partial charge on any atom is 0.274 e. The summed E-state index contributed by atoms with van der Waals surface area (Å²) in [6.45, 7) is 1.70. The zero-order valence-corrected chi connectivity index (χ0v) is 12.0. The maximum absolute atomic E-state index is 11.9. The van der Waals surface area contributed by atoms with Gasteiger partial charge in [-0.05, 0) is 34.3 Å². The van der Waals surface area contributed by atoms with E-state index in [2.05, 4.69) is 30.0 Å². The highest BCUT2D eigenvalue weighted by Crippen LogP contribution is 2.29. The van der Waals surface area contributed by atoms with Gasteiger partial charge in [0, 0.05) is 16.0 Å². The van der Waals surface area contributed by atoms with Crippen molar-refractivity contribution in [3.63, 3.8) is 0 Å². The van der Waals surface area contributed by atoms with E-state index in [1.807, 2.05) is 0 Å². The molecule has 0 bridgehead atoms. The van der Waals surface area contributed by atoms with E-state index in [-0.39, 0.29) is 9.34 Å². The number of nitrogens with one attached hydrogen (secondary N) is 1. The largest absolute Gasteiger partial charge is 0.274 e. The molecule has 1 N–H and O–H groups in total. The summed E-state index contributed by atoms with van der Waals surface area (Å²) in [7, 11) is -3.56. The minimum Gasteiger partial charge on any atom is -0.253 e. The lowest BCUT2D eigenvalue weighted by atomic mass is 10.7. The fraction of sp³-hybridized carbons (Fsp3) is 0.143. The summed E-state index contributed by atoms with van der Waals surface area (Å²) >= 11 is 5.34. The number of rotatable bonds is 3. The van der Waals surface area contributed by atoms with Crippen LogP contribution in [0.5, 0.6) is 0 Å². The van der Waals surface area contributed by atoms with E-state index in [0.29, 0.717) is 10.3 Å². The lowest BCUT2D eigenvalue weighted by molar-refractivity contribution is 0.603. The molecule has 2 aromatic rings. The van der Waals surface area contributed by atoms with E-state index in [9.17, 15) is 8.42 Å². The predicted molar refractivity (Wildman–Crippen MR) is 67.5 cm³/mol. The molecule has 0 aliphatic carbocycles. The molecule has 86 valence electrons. The Morgan fingerprint density at radius 3 is 2.75 bits per heavy atom. The van der Waals surface area contributed by atoms with Crippen LogP contribution >= 0.6 is 38.8 Å². The second-order valence-corrected chi connectivity index (χ2v) is 7.21. The normalized spacial score (nSPS) is 11.6. The fourth-order valence-electron chi connectivity index (χ4n) is 0.971. The van der Waals surface area contributed by atoms with Gasteiger partial charge in [0.25, 0.3) is 10.0 Å². The second kappa shape index (κ2) is 4.40. The molecular formula is C7H6BrN3O2S3. The van der Waals surface area contributed by atoms with Crippen molar-refractivity contribution in [2.75, 3.05) is 4.72 Å². The van der Waals surface area contributed by atoms with Crippen molar-refractivity contribution in [2.24, 2.45) is 0 Å². The van der Waals surface area contributed by atoms with Gasteiger partial charge in [-0.15, -0.1) is 11.3 Å². The van der Waals surface area contributed by atoms with Gasteiger partial charge >= 0.3 is 0 Å². The quantitative estimate of drug-likeness (QED) is 0.932. The minimum atomic E-state index is -3.56. The summed E-state index contributed by atoms with van der Waals surface area (Å²) in [6.07, 6.45) is 0. The monoisotopic (exact) mass is 339 g/mol. The van der Waals surface area contributed by atoms with Crippen molar-refractivity contribution in [2.45, 2.75) is 11.1 Å². The third-order valence-electron chi connectivity index (χ3n) is 1.58. The highest BCUT2D eigenvalue weighted by atomic mass is 79.9. The van der Waals surface area contributed by atoms with E-state index < -0.39 is 10.0 Å². The number of sulfonamides is 1. The van der Waals surface area contributed by atoms with Gasteiger partial charge in [-0.3, -0.25) is 4.72 Å². The Labute approximate surface area is 109 Å². The number of hydrogen-bond donors (Lipinski definition) is 1. The van der Waals surface area contributed by atoms with Crippen LogP contribution in [0.25, 0.3) is 0 Å². The average molecular weight is 340 g/mol. The number of nitrogens with zero attached hydrogens (tertiary/aromatic N) is 2. The number of thiophene rings is 1. The Balaban J connectivity index is 2.31. The van der Waals surface area contributed by atoms with E-state index in [1.165, 1.54) is 0 Å². The number of aryl methyl sites for hydroxylation is 1. The third kappa shape index (κ3) is 2.42. The van der Waals surface area contributed by atoms with Gasteiger partial charge < -0.3 is 0 Å². The number of halogens is 1. The molecule has 5 nitrogen and oxygen atoms in total. The number of aromatic nitrogens is 2. The first-order chi connectivity index (χ1) is 7.49. The Morgan fingerprint density at radius 1 is 1.50 bits per heavy atom. The smallest absolute Gasteiger partial charge is 0.253 e. The highest BCUT2D eigenvalue weighted by Gasteiger charge is 2.20. The van der Waals surface area contributed by atoms with Gasteiger partial charge in [0.2, 0.25) is 5.13 Å². The molecule has 0 amide bonds. The molecule has 9 heteroatoms. The molecule has 0 aromatic carbocycles. The SMILES string of the molecule is Cc1nsc(NS(=O)(=O)c2sccc2Br)n1. The number of hydrogen-bond acceptors (Lipinski definition) is 6. The first kappa shape index (κ1) is 12.0. The van der Waals surface area contributed by atoms with Crippen LogP contribution < -0.4 is 4.72 Å². The van der Waals surface area contributed by atoms with Crippen LogP contribution in [0, 0.1) is 6.92 Å².